The molecule has 116 valence electrons. The van der Waals surface area contributed by atoms with E-state index in [-0.39, 0.29) is 17.7 Å². The molecule has 23 heavy (non-hydrogen) atoms. The first kappa shape index (κ1) is 16.3. The molecule has 2 aromatic carbocycles. The third kappa shape index (κ3) is 4.43. The summed E-state index contributed by atoms with van der Waals surface area (Å²) in [5.41, 5.74) is 1.57. The van der Waals surface area contributed by atoms with E-state index >= 15 is 0 Å². The summed E-state index contributed by atoms with van der Waals surface area (Å²) in [7, 11) is 1.43. The summed E-state index contributed by atoms with van der Waals surface area (Å²) in [5, 5.41) is 9.56. The Morgan fingerprint density at radius 2 is 1.96 bits per heavy atom. The number of ketones is 1. The van der Waals surface area contributed by atoms with Gasteiger partial charge in [0.05, 0.1) is 12.7 Å². The molecule has 2 rings (SSSR count). The number of phenols is 1. The Morgan fingerprint density at radius 1 is 1.22 bits per heavy atom. The Labute approximate surface area is 134 Å². The molecule has 2 aromatic rings. The summed E-state index contributed by atoms with van der Waals surface area (Å²) in [6, 6.07) is 14.0. The number of phenolic OH excluding ortho intramolecular Hbond substituents is 1. The number of rotatable bonds is 6. The van der Waals surface area contributed by atoms with Crippen LogP contribution in [-0.2, 0) is 16.0 Å². The van der Waals surface area contributed by atoms with Gasteiger partial charge in [-0.1, -0.05) is 42.5 Å². The standard InChI is InChI=1S/C19H16O4/c1-23-19-12-15(8-10-18(19)22)11-16(13-20)17(21)9-7-14-5-3-2-4-6-14/h2-10,12,22H,11H2,1H3/b9-7+. The number of carbonyl (C=O) groups excluding carboxylic acids is 2. The molecule has 0 aliphatic carbocycles. The van der Waals surface area contributed by atoms with Gasteiger partial charge in [0.2, 0.25) is 0 Å². The monoisotopic (exact) mass is 308 g/mol. The van der Waals surface area contributed by atoms with Crippen molar-refractivity contribution >= 4 is 17.8 Å². The highest BCUT2D eigenvalue weighted by Gasteiger charge is 2.11. The Hall–Kier alpha value is -3.10. The van der Waals surface area contributed by atoms with Gasteiger partial charge in [-0.05, 0) is 29.3 Å². The molecular weight excluding hydrogens is 292 g/mol. The second kappa shape index (κ2) is 7.78. The molecule has 0 aromatic heterocycles. The summed E-state index contributed by atoms with van der Waals surface area (Å²) in [6.07, 6.45) is 3.13. The minimum Gasteiger partial charge on any atom is -0.504 e. The lowest BCUT2D eigenvalue weighted by Crippen LogP contribution is -2.03. The second-order valence-electron chi connectivity index (χ2n) is 4.87. The normalized spacial score (nSPS) is 10.3. The van der Waals surface area contributed by atoms with Gasteiger partial charge in [-0.15, -0.1) is 0 Å². The molecule has 0 aliphatic heterocycles. The maximum Gasteiger partial charge on any atom is 0.193 e. The van der Waals surface area contributed by atoms with E-state index < -0.39 is 5.78 Å². The molecule has 0 atom stereocenters. The zero-order valence-electron chi connectivity index (χ0n) is 12.7. The number of ether oxygens (including phenoxy) is 1. The topological polar surface area (TPSA) is 63.6 Å². The van der Waals surface area contributed by atoms with Crippen LogP contribution in [0.4, 0.5) is 0 Å². The van der Waals surface area contributed by atoms with Crippen LogP contribution in [0.15, 0.2) is 60.2 Å². The molecule has 0 radical (unpaired) electrons. The molecule has 0 fully saturated rings. The summed E-state index contributed by atoms with van der Waals surface area (Å²) in [4.78, 5) is 23.2. The zero-order valence-corrected chi connectivity index (χ0v) is 12.7. The van der Waals surface area contributed by atoms with Gasteiger partial charge in [-0.3, -0.25) is 4.79 Å². The maximum atomic E-state index is 12.1. The molecule has 1 N–H and O–H groups in total. The van der Waals surface area contributed by atoms with Crippen molar-refractivity contribution in [2.24, 2.45) is 0 Å². The van der Waals surface area contributed by atoms with Crippen molar-refractivity contribution < 1.29 is 19.4 Å². The van der Waals surface area contributed by atoms with Crippen LogP contribution in [0, 0.1) is 0 Å². The van der Waals surface area contributed by atoms with Crippen LogP contribution < -0.4 is 4.74 Å². The fourth-order valence-corrected chi connectivity index (χ4v) is 2.05. The predicted octanol–water partition coefficient (Wildman–Crippen LogP) is 2.98. The summed E-state index contributed by atoms with van der Waals surface area (Å²) in [5.74, 6) is 1.60. The van der Waals surface area contributed by atoms with E-state index in [4.69, 9.17) is 4.74 Å². The number of allylic oxidation sites excluding steroid dienone is 2. The maximum absolute atomic E-state index is 12.1. The van der Waals surface area contributed by atoms with Gasteiger partial charge < -0.3 is 9.84 Å². The van der Waals surface area contributed by atoms with Crippen LogP contribution in [0.1, 0.15) is 11.1 Å². The molecule has 4 heteroatoms. The van der Waals surface area contributed by atoms with E-state index in [1.165, 1.54) is 19.3 Å². The summed E-state index contributed by atoms with van der Waals surface area (Å²) >= 11 is 0. The smallest absolute Gasteiger partial charge is 0.193 e. The Balaban J connectivity index is 2.13. The van der Waals surface area contributed by atoms with Crippen LogP contribution in [0.25, 0.3) is 6.08 Å². The van der Waals surface area contributed by atoms with Crippen LogP contribution in [-0.4, -0.2) is 23.9 Å². The van der Waals surface area contributed by atoms with Crippen molar-refractivity contribution in [1.29, 1.82) is 0 Å². The SMILES string of the molecule is COc1cc(CC(=C=O)C(=O)/C=C/c2ccccc2)ccc1O. The quantitative estimate of drug-likeness (QED) is 0.658. The van der Waals surface area contributed by atoms with Gasteiger partial charge in [-0.25, -0.2) is 4.79 Å². The van der Waals surface area contributed by atoms with Gasteiger partial charge in [0.1, 0.15) is 5.94 Å². The summed E-state index contributed by atoms with van der Waals surface area (Å²) < 4.78 is 5.01. The number of benzene rings is 2. The molecule has 0 amide bonds. The van der Waals surface area contributed by atoms with E-state index in [2.05, 4.69) is 0 Å². The molecular formula is C19H16O4. The van der Waals surface area contributed by atoms with Crippen molar-refractivity contribution in [1.82, 2.24) is 0 Å². The Morgan fingerprint density at radius 3 is 2.61 bits per heavy atom. The van der Waals surface area contributed by atoms with Gasteiger partial charge in [0.15, 0.2) is 17.3 Å². The highest BCUT2D eigenvalue weighted by atomic mass is 16.5. The lowest BCUT2D eigenvalue weighted by molar-refractivity contribution is -0.111. The third-order valence-corrected chi connectivity index (χ3v) is 3.27. The zero-order chi connectivity index (χ0) is 16.7. The molecule has 0 saturated carbocycles. The van der Waals surface area contributed by atoms with Crippen molar-refractivity contribution in [3.05, 3.63) is 71.3 Å². The summed E-state index contributed by atoms with van der Waals surface area (Å²) in [6.45, 7) is 0. The highest BCUT2D eigenvalue weighted by molar-refractivity contribution is 6.11. The van der Waals surface area contributed by atoms with Crippen LogP contribution in [0.5, 0.6) is 11.5 Å². The molecule has 0 spiro atoms. The molecule has 0 unspecified atom stereocenters. The van der Waals surface area contributed by atoms with Crippen LogP contribution in [0.2, 0.25) is 0 Å². The predicted molar refractivity (Wildman–Crippen MR) is 88.1 cm³/mol. The van der Waals surface area contributed by atoms with Gasteiger partial charge >= 0.3 is 0 Å². The Kier molecular flexibility index (Phi) is 5.50. The van der Waals surface area contributed by atoms with E-state index in [1.54, 1.807) is 24.2 Å². The fourth-order valence-electron chi connectivity index (χ4n) is 2.05. The highest BCUT2D eigenvalue weighted by Crippen LogP contribution is 2.27. The average Bonchev–Trinajstić information content (AvgIpc) is 2.59. The molecule has 0 bridgehead atoms. The average molecular weight is 308 g/mol. The van der Waals surface area contributed by atoms with Crippen LogP contribution in [0.3, 0.4) is 0 Å². The van der Waals surface area contributed by atoms with Gasteiger partial charge in [-0.2, -0.15) is 0 Å². The van der Waals surface area contributed by atoms with Crippen molar-refractivity contribution in [2.45, 2.75) is 6.42 Å². The van der Waals surface area contributed by atoms with Gasteiger partial charge in [0.25, 0.3) is 0 Å². The number of hydrogen-bond donors (Lipinski definition) is 1. The van der Waals surface area contributed by atoms with Crippen LogP contribution >= 0.6 is 0 Å². The third-order valence-electron chi connectivity index (χ3n) is 3.27. The van der Waals surface area contributed by atoms with Crippen molar-refractivity contribution in [2.75, 3.05) is 7.11 Å². The molecule has 0 aliphatic rings. The molecule has 4 nitrogen and oxygen atoms in total. The lowest BCUT2D eigenvalue weighted by atomic mass is 10.0. The van der Waals surface area contributed by atoms with Gasteiger partial charge in [0, 0.05) is 6.42 Å². The first-order valence-corrected chi connectivity index (χ1v) is 7.01. The number of hydrogen-bond acceptors (Lipinski definition) is 4. The first-order valence-electron chi connectivity index (χ1n) is 7.01. The number of aromatic hydroxyl groups is 1. The molecule has 0 heterocycles. The van der Waals surface area contributed by atoms with Crippen molar-refractivity contribution in [3.8, 4) is 11.5 Å². The first-order chi connectivity index (χ1) is 11.1. The number of methoxy groups -OCH3 is 1. The minimum atomic E-state index is -0.393. The fraction of sp³-hybridized carbons (Fsp3) is 0.105. The van der Waals surface area contributed by atoms with E-state index in [0.717, 1.165) is 5.56 Å². The van der Waals surface area contributed by atoms with E-state index in [1.807, 2.05) is 30.3 Å². The second-order valence-corrected chi connectivity index (χ2v) is 4.87. The minimum absolute atomic E-state index is 0.00295. The van der Waals surface area contributed by atoms with E-state index in [9.17, 15) is 14.7 Å². The molecule has 0 saturated heterocycles. The Bertz CT molecular complexity index is 769. The number of carbonyl (C=O) groups is 1. The van der Waals surface area contributed by atoms with Crippen molar-refractivity contribution in [3.63, 3.8) is 0 Å². The largest absolute Gasteiger partial charge is 0.504 e. The lowest BCUT2D eigenvalue weighted by Gasteiger charge is -2.06. The van der Waals surface area contributed by atoms with E-state index in [0.29, 0.717) is 11.3 Å².